The Bertz CT molecular complexity index is 734. The van der Waals surface area contributed by atoms with Gasteiger partial charge in [-0.25, -0.2) is 0 Å². The highest BCUT2D eigenvalue weighted by Crippen LogP contribution is 2.37. The molecule has 0 N–H and O–H groups in total. The monoisotopic (exact) mass is 508 g/mol. The Morgan fingerprint density at radius 3 is 2.04 bits per heavy atom. The number of halogens is 1. The average molecular weight is 508 g/mol. The Hall–Kier alpha value is -1.18. The van der Waals surface area contributed by atoms with Crippen molar-refractivity contribution in [3.05, 3.63) is 60.7 Å². The lowest BCUT2D eigenvalue weighted by molar-refractivity contribution is -0.140. The first-order valence-electron chi connectivity index (χ1n) is 9.89. The molecular formula is C23H29IO3Si. The molecule has 1 saturated heterocycles. The SMILES string of the molecule is CC(C)(C)[Si](OCC[C@@H]1CC(=O)O[C@@H]1CI)(c1ccccc1)c1ccccc1. The summed E-state index contributed by atoms with van der Waals surface area (Å²) in [5.41, 5.74) is 0. The molecule has 1 aliphatic rings. The third kappa shape index (κ3) is 4.36. The number of hydrogen-bond donors (Lipinski definition) is 0. The van der Waals surface area contributed by atoms with Crippen molar-refractivity contribution in [2.45, 2.75) is 44.8 Å². The molecule has 0 aromatic heterocycles. The molecule has 1 aliphatic heterocycles. The van der Waals surface area contributed by atoms with Gasteiger partial charge in [0.25, 0.3) is 8.32 Å². The van der Waals surface area contributed by atoms with E-state index in [0.29, 0.717) is 13.0 Å². The van der Waals surface area contributed by atoms with Crippen molar-refractivity contribution in [3.63, 3.8) is 0 Å². The van der Waals surface area contributed by atoms with Crippen molar-refractivity contribution in [2.24, 2.45) is 5.92 Å². The van der Waals surface area contributed by atoms with Crippen LogP contribution < -0.4 is 10.4 Å². The summed E-state index contributed by atoms with van der Waals surface area (Å²) in [7, 11) is -2.50. The first kappa shape index (κ1) is 21.5. The third-order valence-electron chi connectivity index (χ3n) is 5.61. The van der Waals surface area contributed by atoms with Crippen LogP contribution in [0.15, 0.2) is 60.7 Å². The Morgan fingerprint density at radius 2 is 1.57 bits per heavy atom. The summed E-state index contributed by atoms with van der Waals surface area (Å²) in [5, 5.41) is 2.55. The van der Waals surface area contributed by atoms with E-state index in [2.05, 4.69) is 104 Å². The van der Waals surface area contributed by atoms with E-state index in [1.54, 1.807) is 0 Å². The molecule has 0 aliphatic carbocycles. The van der Waals surface area contributed by atoms with Gasteiger partial charge in [0.2, 0.25) is 0 Å². The van der Waals surface area contributed by atoms with Crippen LogP contribution in [-0.4, -0.2) is 31.4 Å². The number of alkyl halides is 1. The minimum Gasteiger partial charge on any atom is -0.461 e. The molecular weight excluding hydrogens is 479 g/mol. The van der Waals surface area contributed by atoms with Crippen molar-refractivity contribution in [1.29, 1.82) is 0 Å². The van der Waals surface area contributed by atoms with Gasteiger partial charge in [-0.05, 0) is 21.8 Å². The fourth-order valence-electron chi connectivity index (χ4n) is 4.23. The van der Waals surface area contributed by atoms with E-state index in [0.717, 1.165) is 10.8 Å². The van der Waals surface area contributed by atoms with Crippen molar-refractivity contribution < 1.29 is 14.0 Å². The summed E-state index contributed by atoms with van der Waals surface area (Å²) in [6, 6.07) is 21.4. The van der Waals surface area contributed by atoms with Crippen LogP contribution in [0.5, 0.6) is 0 Å². The maximum absolute atomic E-state index is 11.7. The van der Waals surface area contributed by atoms with E-state index in [-0.39, 0.29) is 23.0 Å². The lowest BCUT2D eigenvalue weighted by Crippen LogP contribution is -2.66. The quantitative estimate of drug-likeness (QED) is 0.242. The molecule has 0 saturated carbocycles. The zero-order valence-electron chi connectivity index (χ0n) is 16.9. The van der Waals surface area contributed by atoms with Crippen LogP contribution >= 0.6 is 22.6 Å². The fraction of sp³-hybridized carbons (Fsp3) is 0.435. The molecule has 5 heteroatoms. The minimum atomic E-state index is -2.50. The van der Waals surface area contributed by atoms with Gasteiger partial charge < -0.3 is 9.16 Å². The number of ether oxygens (including phenoxy) is 1. The lowest BCUT2D eigenvalue weighted by Gasteiger charge is -2.43. The predicted octanol–water partition coefficient (Wildman–Crippen LogP) is 4.32. The van der Waals surface area contributed by atoms with Gasteiger partial charge in [-0.3, -0.25) is 4.79 Å². The molecule has 0 unspecified atom stereocenters. The Kier molecular flexibility index (Phi) is 6.99. The normalized spacial score (nSPS) is 20.2. The highest BCUT2D eigenvalue weighted by Gasteiger charge is 2.50. The van der Waals surface area contributed by atoms with Crippen LogP contribution in [0.2, 0.25) is 5.04 Å². The number of hydrogen-bond acceptors (Lipinski definition) is 3. The fourth-order valence-corrected chi connectivity index (χ4v) is 9.71. The van der Waals surface area contributed by atoms with Crippen LogP contribution in [0.3, 0.4) is 0 Å². The maximum Gasteiger partial charge on any atom is 0.306 e. The maximum atomic E-state index is 11.7. The molecule has 1 fully saturated rings. The second-order valence-corrected chi connectivity index (χ2v) is 13.6. The van der Waals surface area contributed by atoms with Crippen LogP contribution in [-0.2, 0) is 14.0 Å². The molecule has 0 radical (unpaired) electrons. The first-order valence-corrected chi connectivity index (χ1v) is 13.3. The van der Waals surface area contributed by atoms with Gasteiger partial charge in [-0.1, -0.05) is 104 Å². The largest absolute Gasteiger partial charge is 0.461 e. The molecule has 3 nitrogen and oxygen atoms in total. The van der Waals surface area contributed by atoms with Gasteiger partial charge in [-0.2, -0.15) is 0 Å². The summed E-state index contributed by atoms with van der Waals surface area (Å²) in [5.74, 6) is 0.180. The van der Waals surface area contributed by atoms with Crippen LogP contribution in [0.4, 0.5) is 0 Å². The van der Waals surface area contributed by atoms with Crippen LogP contribution in [0.25, 0.3) is 0 Å². The van der Waals surface area contributed by atoms with Gasteiger partial charge in [-0.15, -0.1) is 0 Å². The van der Waals surface area contributed by atoms with E-state index in [9.17, 15) is 4.79 Å². The van der Waals surface area contributed by atoms with Crippen LogP contribution in [0, 0.1) is 5.92 Å². The number of carbonyl (C=O) groups excluding carboxylic acids is 1. The van der Waals surface area contributed by atoms with Gasteiger partial charge in [0.1, 0.15) is 6.10 Å². The number of cyclic esters (lactones) is 1. The van der Waals surface area contributed by atoms with Crippen molar-refractivity contribution in [1.82, 2.24) is 0 Å². The second-order valence-electron chi connectivity index (χ2n) is 8.45. The highest BCUT2D eigenvalue weighted by molar-refractivity contribution is 14.1. The van der Waals surface area contributed by atoms with E-state index in [1.807, 2.05) is 0 Å². The lowest BCUT2D eigenvalue weighted by atomic mass is 9.99. The molecule has 1 heterocycles. The van der Waals surface area contributed by atoms with E-state index >= 15 is 0 Å². The number of carbonyl (C=O) groups is 1. The van der Waals surface area contributed by atoms with E-state index in [1.165, 1.54) is 10.4 Å². The Morgan fingerprint density at radius 1 is 1.04 bits per heavy atom. The Balaban J connectivity index is 1.92. The molecule has 0 amide bonds. The Labute approximate surface area is 183 Å². The summed E-state index contributed by atoms with van der Waals surface area (Å²) in [4.78, 5) is 11.7. The number of rotatable bonds is 7. The summed E-state index contributed by atoms with van der Waals surface area (Å²) in [6.45, 7) is 7.50. The first-order chi connectivity index (χ1) is 13.4. The van der Waals surface area contributed by atoms with Gasteiger partial charge in [0.05, 0.1) is 6.42 Å². The third-order valence-corrected chi connectivity index (χ3v) is 11.5. The molecule has 28 heavy (non-hydrogen) atoms. The van der Waals surface area contributed by atoms with E-state index < -0.39 is 8.32 Å². The molecule has 0 bridgehead atoms. The number of esters is 1. The van der Waals surface area contributed by atoms with Crippen LogP contribution in [0.1, 0.15) is 33.6 Å². The molecule has 3 rings (SSSR count). The predicted molar refractivity (Wildman–Crippen MR) is 125 cm³/mol. The molecule has 2 aromatic rings. The molecule has 2 atom stereocenters. The summed E-state index contributed by atoms with van der Waals surface area (Å²) in [6.07, 6.45) is 1.39. The van der Waals surface area contributed by atoms with Crippen molar-refractivity contribution in [3.8, 4) is 0 Å². The second kappa shape index (κ2) is 9.09. The highest BCUT2D eigenvalue weighted by atomic mass is 127. The zero-order chi connectivity index (χ0) is 20.2. The van der Waals surface area contributed by atoms with Gasteiger partial charge in [0, 0.05) is 17.0 Å². The minimum absolute atomic E-state index is 0.0239. The van der Waals surface area contributed by atoms with Gasteiger partial charge in [0.15, 0.2) is 0 Å². The zero-order valence-corrected chi connectivity index (χ0v) is 20.0. The van der Waals surface area contributed by atoms with Crippen molar-refractivity contribution in [2.75, 3.05) is 11.0 Å². The van der Waals surface area contributed by atoms with Gasteiger partial charge >= 0.3 is 5.97 Å². The molecule has 150 valence electrons. The van der Waals surface area contributed by atoms with Crippen molar-refractivity contribution >= 4 is 47.3 Å². The standard InChI is InChI=1S/C23H29IO3Si/c1-23(2,3)28(19-10-6-4-7-11-19,20-12-8-5-9-13-20)26-15-14-18-16-22(25)27-21(18)17-24/h4-13,18,21H,14-17H2,1-3H3/t18-,21-/m1/s1. The van der Waals surface area contributed by atoms with E-state index in [4.69, 9.17) is 9.16 Å². The molecule has 0 spiro atoms. The smallest absolute Gasteiger partial charge is 0.306 e. The molecule has 2 aromatic carbocycles. The summed E-state index contributed by atoms with van der Waals surface area (Å²) < 4.78 is 13.2. The summed E-state index contributed by atoms with van der Waals surface area (Å²) >= 11 is 2.30. The topological polar surface area (TPSA) is 35.5 Å². The average Bonchev–Trinajstić information content (AvgIpc) is 3.05. The number of benzene rings is 2.